The molecule has 17 heavy (non-hydrogen) atoms. The van der Waals surface area contributed by atoms with Crippen LogP contribution < -0.4 is 0 Å². The van der Waals surface area contributed by atoms with E-state index in [-0.39, 0.29) is 0 Å². The van der Waals surface area contributed by atoms with Crippen molar-refractivity contribution in [2.75, 3.05) is 0 Å². The van der Waals surface area contributed by atoms with Crippen molar-refractivity contribution in [3.63, 3.8) is 0 Å². The van der Waals surface area contributed by atoms with E-state index in [9.17, 15) is 0 Å². The molecule has 0 aliphatic heterocycles. The molecule has 2 aromatic carbocycles. The van der Waals surface area contributed by atoms with Crippen LogP contribution in [0.1, 0.15) is 25.3 Å². The fourth-order valence-electron chi connectivity index (χ4n) is 1.81. The zero-order valence-corrected chi connectivity index (χ0v) is 11.3. The molecule has 0 aliphatic carbocycles. The van der Waals surface area contributed by atoms with Crippen molar-refractivity contribution in [3.05, 3.63) is 58.1 Å². The third kappa shape index (κ3) is 2.65. The van der Waals surface area contributed by atoms with Crippen LogP contribution in [0.3, 0.4) is 0 Å². The van der Waals surface area contributed by atoms with Gasteiger partial charge in [0.1, 0.15) is 0 Å². The molecule has 0 N–H and O–H groups in total. The maximum Gasteiger partial charge on any atom is 0.0490 e. The Morgan fingerprint density at radius 3 is 2.41 bits per heavy atom. The van der Waals surface area contributed by atoms with Crippen LogP contribution in [-0.2, 0) is 0 Å². The van der Waals surface area contributed by atoms with Gasteiger partial charge in [-0.2, -0.15) is 0 Å². The highest BCUT2D eigenvalue weighted by atomic mass is 35.5. The van der Waals surface area contributed by atoms with Gasteiger partial charge in [0.05, 0.1) is 0 Å². The van der Waals surface area contributed by atoms with Gasteiger partial charge in [0.25, 0.3) is 0 Å². The summed E-state index contributed by atoms with van der Waals surface area (Å²) in [6.07, 6.45) is 0. The van der Waals surface area contributed by atoms with Gasteiger partial charge in [-0.15, -0.1) is 0 Å². The van der Waals surface area contributed by atoms with E-state index in [1.54, 1.807) is 6.07 Å². The maximum absolute atomic E-state index is 6.28. The second-order valence-corrected chi connectivity index (χ2v) is 5.11. The molecule has 87 valence electrons. The van der Waals surface area contributed by atoms with E-state index >= 15 is 0 Å². The first-order valence-corrected chi connectivity index (χ1v) is 6.30. The van der Waals surface area contributed by atoms with Gasteiger partial charge in [0, 0.05) is 15.6 Å². The second kappa shape index (κ2) is 5.12. The van der Waals surface area contributed by atoms with Gasteiger partial charge in [-0.1, -0.05) is 61.3 Å². The average molecular weight is 264 g/mol. The number of hydrogen-bond donors (Lipinski definition) is 0. The molecule has 0 saturated heterocycles. The highest BCUT2D eigenvalue weighted by Gasteiger charge is 2.08. The van der Waals surface area contributed by atoms with Crippen LogP contribution in [0.25, 0.3) is 11.1 Å². The van der Waals surface area contributed by atoms with Gasteiger partial charge >= 0.3 is 0 Å². The lowest BCUT2D eigenvalue weighted by Crippen LogP contribution is -1.89. The first-order chi connectivity index (χ1) is 8.09. The molecule has 0 spiro atoms. The van der Waals surface area contributed by atoms with Crippen molar-refractivity contribution < 1.29 is 0 Å². The van der Waals surface area contributed by atoms with Crippen LogP contribution in [0.5, 0.6) is 0 Å². The van der Waals surface area contributed by atoms with E-state index in [4.69, 9.17) is 23.2 Å². The average Bonchev–Trinajstić information content (AvgIpc) is 2.29. The Balaban J connectivity index is 2.49. The summed E-state index contributed by atoms with van der Waals surface area (Å²) in [6, 6.07) is 14.6. The lowest BCUT2D eigenvalue weighted by molar-refractivity contribution is 0.867. The van der Waals surface area contributed by atoms with Crippen molar-refractivity contribution in [2.24, 2.45) is 0 Å². The molecule has 0 heterocycles. The smallest absolute Gasteiger partial charge is 0.0490 e. The Bertz CT molecular complexity index is 530. The summed E-state index contributed by atoms with van der Waals surface area (Å²) in [5.74, 6) is 0.427. The molecule has 0 saturated carbocycles. The summed E-state index contributed by atoms with van der Waals surface area (Å²) in [4.78, 5) is 0. The minimum absolute atomic E-state index is 0.427. The van der Waals surface area contributed by atoms with Crippen molar-refractivity contribution in [2.45, 2.75) is 19.8 Å². The third-order valence-corrected chi connectivity index (χ3v) is 3.39. The van der Waals surface area contributed by atoms with E-state index in [1.807, 2.05) is 18.2 Å². The van der Waals surface area contributed by atoms with Crippen LogP contribution >= 0.6 is 23.2 Å². The van der Waals surface area contributed by atoms with Gasteiger partial charge in [0.2, 0.25) is 0 Å². The van der Waals surface area contributed by atoms with Crippen LogP contribution in [-0.4, -0.2) is 0 Å². The second-order valence-electron chi connectivity index (χ2n) is 4.30. The first-order valence-electron chi connectivity index (χ1n) is 5.55. The van der Waals surface area contributed by atoms with Crippen LogP contribution in [0.2, 0.25) is 10.0 Å². The molecule has 0 bridgehead atoms. The van der Waals surface area contributed by atoms with Gasteiger partial charge in [-0.3, -0.25) is 0 Å². The molecule has 2 heteroatoms. The van der Waals surface area contributed by atoms with Crippen molar-refractivity contribution in [1.29, 1.82) is 0 Å². The van der Waals surface area contributed by atoms with Gasteiger partial charge < -0.3 is 0 Å². The number of hydrogen-bond acceptors (Lipinski definition) is 0. The fourth-order valence-corrected chi connectivity index (χ4v) is 2.44. The van der Waals surface area contributed by atoms with E-state index in [0.717, 1.165) is 21.7 Å². The Hall–Kier alpha value is -0.980. The SMILES string of the molecule is CC(C)c1ccc(-c2cc[c]cc2Cl)cc1Cl. The zero-order chi connectivity index (χ0) is 12.4. The monoisotopic (exact) mass is 263 g/mol. The quantitative estimate of drug-likeness (QED) is 0.663. The highest BCUT2D eigenvalue weighted by Crippen LogP contribution is 2.32. The summed E-state index contributed by atoms with van der Waals surface area (Å²) >= 11 is 12.4. The van der Waals surface area contributed by atoms with Crippen LogP contribution in [0.15, 0.2) is 36.4 Å². The first kappa shape index (κ1) is 12.5. The molecule has 0 atom stereocenters. The molecule has 0 fully saturated rings. The van der Waals surface area contributed by atoms with Gasteiger partial charge in [-0.05, 0) is 35.2 Å². The summed E-state index contributed by atoms with van der Waals surface area (Å²) < 4.78 is 0. The van der Waals surface area contributed by atoms with E-state index in [0.29, 0.717) is 10.9 Å². The lowest BCUT2D eigenvalue weighted by Gasteiger charge is -2.11. The summed E-state index contributed by atoms with van der Waals surface area (Å²) in [5, 5.41) is 1.49. The number of halogens is 2. The molecule has 0 aliphatic rings. The Kier molecular flexibility index (Phi) is 3.76. The standard InChI is InChI=1S/C15H13Cl2/c1-10(2)12-8-7-11(9-15(12)17)13-5-3-4-6-14(13)16/h3,5-10H,1-2H3. The Labute approximate surface area is 112 Å². The molecule has 2 aromatic rings. The lowest BCUT2D eigenvalue weighted by atomic mass is 9.98. The molecule has 0 unspecified atom stereocenters. The zero-order valence-electron chi connectivity index (χ0n) is 9.80. The Morgan fingerprint density at radius 2 is 1.82 bits per heavy atom. The summed E-state index contributed by atoms with van der Waals surface area (Å²) in [5.41, 5.74) is 3.19. The molecule has 1 radical (unpaired) electrons. The highest BCUT2D eigenvalue weighted by molar-refractivity contribution is 6.34. The minimum Gasteiger partial charge on any atom is -0.0840 e. The van der Waals surface area contributed by atoms with Crippen molar-refractivity contribution in [3.8, 4) is 11.1 Å². The predicted octanol–water partition coefficient (Wildman–Crippen LogP) is 5.58. The van der Waals surface area contributed by atoms with Crippen LogP contribution in [0, 0.1) is 6.07 Å². The number of rotatable bonds is 2. The van der Waals surface area contributed by atoms with Gasteiger partial charge in [0.15, 0.2) is 0 Å². The number of benzene rings is 2. The topological polar surface area (TPSA) is 0 Å². The van der Waals surface area contributed by atoms with Gasteiger partial charge in [-0.25, -0.2) is 0 Å². The normalized spacial score (nSPS) is 10.9. The van der Waals surface area contributed by atoms with Crippen molar-refractivity contribution in [1.82, 2.24) is 0 Å². The summed E-state index contributed by atoms with van der Waals surface area (Å²) in [6.45, 7) is 4.26. The molecular formula is C15H13Cl2. The molecule has 0 nitrogen and oxygen atoms in total. The predicted molar refractivity (Wildman–Crippen MR) is 74.8 cm³/mol. The van der Waals surface area contributed by atoms with Crippen molar-refractivity contribution >= 4 is 23.2 Å². The molecule has 0 amide bonds. The third-order valence-electron chi connectivity index (χ3n) is 2.75. The van der Waals surface area contributed by atoms with E-state index in [2.05, 4.69) is 32.0 Å². The molecule has 0 aromatic heterocycles. The molecule has 2 rings (SSSR count). The summed E-state index contributed by atoms with van der Waals surface area (Å²) in [7, 11) is 0. The minimum atomic E-state index is 0.427. The molecular weight excluding hydrogens is 251 g/mol. The van der Waals surface area contributed by atoms with E-state index in [1.165, 1.54) is 0 Å². The van der Waals surface area contributed by atoms with E-state index < -0.39 is 0 Å². The largest absolute Gasteiger partial charge is 0.0840 e. The van der Waals surface area contributed by atoms with Crippen LogP contribution in [0.4, 0.5) is 0 Å². The Morgan fingerprint density at radius 1 is 1.06 bits per heavy atom. The maximum atomic E-state index is 6.28. The fraction of sp³-hybridized carbons (Fsp3) is 0.200.